The van der Waals surface area contributed by atoms with Crippen LogP contribution in [0.3, 0.4) is 0 Å². The first kappa shape index (κ1) is 43.7. The van der Waals surface area contributed by atoms with Gasteiger partial charge >= 0.3 is 0 Å². The van der Waals surface area contributed by atoms with Crippen LogP contribution in [0.4, 0.5) is 20.2 Å². The SMILES string of the molecule is C[C@H]1CCc2c(ccc(-c3cnn([C@@H]4CNCC[C@@H]4F)c3)c2OC2CCC2)N1C(=O)C1CC1.C[C@H]1CCc2c(ccc(-c3cnn([C@H]4CNCC[C@H]4F)c3)c2OC2CCC2)N1C(=O)C1CC1. The Morgan fingerprint density at radius 3 is 1.38 bits per heavy atom. The van der Waals surface area contributed by atoms with Crippen molar-refractivity contribution < 1.29 is 27.8 Å². The van der Waals surface area contributed by atoms with Gasteiger partial charge in [-0.3, -0.25) is 19.0 Å². The summed E-state index contributed by atoms with van der Waals surface area (Å²) in [4.78, 5) is 30.3. The molecule has 4 aliphatic carbocycles. The fraction of sp³-hybridized carbons (Fsp3) is 0.615. The van der Waals surface area contributed by atoms with E-state index in [-0.39, 0.29) is 60.0 Å². The zero-order valence-corrected chi connectivity index (χ0v) is 38.6. The second kappa shape index (κ2) is 18.3. The monoisotopic (exact) mass is 905 g/mol. The molecule has 352 valence electrons. The minimum absolute atomic E-state index is 0.185. The van der Waals surface area contributed by atoms with E-state index >= 15 is 0 Å². The van der Waals surface area contributed by atoms with Crippen LogP contribution < -0.4 is 29.9 Å². The summed E-state index contributed by atoms with van der Waals surface area (Å²) < 4.78 is 45.8. The van der Waals surface area contributed by atoms with Crippen LogP contribution in [0, 0.1) is 11.8 Å². The van der Waals surface area contributed by atoms with Crippen molar-refractivity contribution >= 4 is 23.2 Å². The Labute approximate surface area is 387 Å². The van der Waals surface area contributed by atoms with E-state index in [2.05, 4.69) is 58.9 Å². The predicted octanol–water partition coefficient (Wildman–Crippen LogP) is 8.86. The minimum Gasteiger partial charge on any atom is -0.489 e. The molecule has 8 aliphatic rings. The number of benzene rings is 2. The first-order chi connectivity index (χ1) is 32.2. The third-order valence-corrected chi connectivity index (χ3v) is 15.7. The van der Waals surface area contributed by atoms with Gasteiger partial charge in [0.25, 0.3) is 0 Å². The molecule has 6 atom stereocenters. The van der Waals surface area contributed by atoms with Gasteiger partial charge in [-0.05, 0) is 154 Å². The molecule has 0 unspecified atom stereocenters. The van der Waals surface area contributed by atoms with Gasteiger partial charge in [0, 0.05) is 82.8 Å². The number of halogens is 2. The summed E-state index contributed by atoms with van der Waals surface area (Å²) in [5.74, 6) is 2.69. The zero-order valence-electron chi connectivity index (χ0n) is 38.6. The smallest absolute Gasteiger partial charge is 0.230 e. The van der Waals surface area contributed by atoms with Gasteiger partial charge in [0.1, 0.15) is 23.8 Å². The lowest BCUT2D eigenvalue weighted by molar-refractivity contribution is -0.121. The highest BCUT2D eigenvalue weighted by molar-refractivity contribution is 6.00. The van der Waals surface area contributed by atoms with Gasteiger partial charge in [-0.25, -0.2) is 8.78 Å². The van der Waals surface area contributed by atoms with Gasteiger partial charge in [0.2, 0.25) is 11.8 Å². The molecular formula is C52H66F2N8O4. The summed E-state index contributed by atoms with van der Waals surface area (Å²) in [5.41, 5.74) is 8.20. The van der Waals surface area contributed by atoms with Gasteiger partial charge in [-0.2, -0.15) is 10.2 Å². The maximum Gasteiger partial charge on any atom is 0.230 e. The van der Waals surface area contributed by atoms with Crippen LogP contribution in [0.25, 0.3) is 22.3 Å². The van der Waals surface area contributed by atoms with Gasteiger partial charge < -0.3 is 29.9 Å². The highest BCUT2D eigenvalue weighted by Gasteiger charge is 2.42. The quantitative estimate of drug-likeness (QED) is 0.162. The lowest BCUT2D eigenvalue weighted by Gasteiger charge is -2.38. The summed E-state index contributed by atoms with van der Waals surface area (Å²) in [6.45, 7) is 6.91. The fourth-order valence-electron chi connectivity index (χ4n) is 10.8. The molecule has 2 aromatic heterocycles. The van der Waals surface area contributed by atoms with Crippen LogP contribution in [0.15, 0.2) is 49.1 Å². The molecule has 66 heavy (non-hydrogen) atoms. The van der Waals surface area contributed by atoms with E-state index < -0.39 is 12.3 Å². The molecule has 2 saturated heterocycles. The topological polar surface area (TPSA) is 119 Å². The summed E-state index contributed by atoms with van der Waals surface area (Å²) in [5, 5.41) is 15.6. The van der Waals surface area contributed by atoms with Crippen LogP contribution in [0.1, 0.15) is 127 Å². The number of piperidine rings is 2. The number of aromatic nitrogens is 4. The molecule has 2 N–H and O–H groups in total. The third-order valence-electron chi connectivity index (χ3n) is 15.7. The van der Waals surface area contributed by atoms with Crippen molar-refractivity contribution in [2.75, 3.05) is 36.0 Å². The van der Waals surface area contributed by atoms with E-state index in [1.807, 2.05) is 34.6 Å². The number of hydrogen-bond acceptors (Lipinski definition) is 8. The summed E-state index contributed by atoms with van der Waals surface area (Å²) in [6, 6.07) is 8.17. The molecule has 0 bridgehead atoms. The molecule has 4 aromatic rings. The Balaban J connectivity index is 0.000000146. The maximum atomic E-state index is 14.5. The summed E-state index contributed by atoms with van der Waals surface area (Å²) >= 11 is 0. The maximum absolute atomic E-state index is 14.5. The molecular weight excluding hydrogens is 839 g/mol. The Morgan fingerprint density at radius 1 is 0.591 bits per heavy atom. The number of carbonyl (C=O) groups is 2. The first-order valence-corrected chi connectivity index (χ1v) is 25.3. The number of alkyl halides is 2. The lowest BCUT2D eigenvalue weighted by atomic mass is 9.91. The Morgan fingerprint density at radius 2 is 1.02 bits per heavy atom. The molecule has 6 heterocycles. The molecule has 12 nitrogen and oxygen atoms in total. The molecule has 2 amide bonds. The number of carbonyl (C=O) groups excluding carboxylic acids is 2. The van der Waals surface area contributed by atoms with E-state index in [0.29, 0.717) is 39.0 Å². The van der Waals surface area contributed by atoms with Crippen LogP contribution in [-0.4, -0.2) is 94.2 Å². The average molecular weight is 905 g/mol. The van der Waals surface area contributed by atoms with Crippen molar-refractivity contribution in [3.05, 3.63) is 60.2 Å². The molecule has 4 saturated carbocycles. The molecule has 4 aliphatic heterocycles. The lowest BCUT2D eigenvalue weighted by Crippen LogP contribution is -2.43. The van der Waals surface area contributed by atoms with E-state index in [1.54, 1.807) is 9.36 Å². The summed E-state index contributed by atoms with van der Waals surface area (Å²) in [7, 11) is 0. The second-order valence-corrected chi connectivity index (χ2v) is 20.5. The van der Waals surface area contributed by atoms with Crippen molar-refractivity contribution in [1.29, 1.82) is 0 Å². The molecule has 14 heteroatoms. The highest BCUT2D eigenvalue weighted by Crippen LogP contribution is 2.48. The average Bonchev–Trinajstić information content (AvgIpc) is 4.23. The minimum atomic E-state index is -0.892. The van der Waals surface area contributed by atoms with Crippen molar-refractivity contribution in [3.63, 3.8) is 0 Å². The number of hydrogen-bond donors (Lipinski definition) is 2. The van der Waals surface area contributed by atoms with E-state index in [1.165, 1.54) is 12.8 Å². The number of amides is 2. The van der Waals surface area contributed by atoms with Gasteiger partial charge in [-0.1, -0.05) is 0 Å². The Hall–Kier alpha value is -4.82. The highest BCUT2D eigenvalue weighted by atomic mass is 19.1. The third kappa shape index (κ3) is 8.54. The van der Waals surface area contributed by atoms with Crippen molar-refractivity contribution in [2.24, 2.45) is 11.8 Å². The van der Waals surface area contributed by atoms with Crippen molar-refractivity contribution in [2.45, 2.75) is 165 Å². The van der Waals surface area contributed by atoms with Gasteiger partial charge in [0.15, 0.2) is 0 Å². The number of nitrogens with one attached hydrogen (secondary N) is 2. The number of ether oxygens (including phenoxy) is 2. The van der Waals surface area contributed by atoms with Crippen LogP contribution in [-0.2, 0) is 22.4 Å². The Bertz CT molecular complexity index is 2260. The Kier molecular flexibility index (Phi) is 12.2. The van der Waals surface area contributed by atoms with Crippen LogP contribution in [0.5, 0.6) is 11.5 Å². The fourth-order valence-corrected chi connectivity index (χ4v) is 10.8. The number of anilines is 2. The van der Waals surface area contributed by atoms with Gasteiger partial charge in [0.05, 0.1) is 48.1 Å². The molecule has 0 spiro atoms. The standard InChI is InChI=1S/2C26H33FN4O2/c2*1-16-5-8-21-23(31(16)26(32)17-6-7-17)10-9-20(25(21)33-19-3-2-4-19)18-13-29-30(15-18)24-14-28-12-11-22(24)27/h2*9-10,13,15-17,19,22,24,28H,2-8,11-12,14H2,1H3/t16-,22+,24-;16-,22-,24+/m00/s1. The van der Waals surface area contributed by atoms with Crippen molar-refractivity contribution in [3.8, 4) is 33.8 Å². The first-order valence-electron chi connectivity index (χ1n) is 25.3. The van der Waals surface area contributed by atoms with Crippen molar-refractivity contribution in [1.82, 2.24) is 30.2 Å². The van der Waals surface area contributed by atoms with Crippen LogP contribution >= 0.6 is 0 Å². The largest absolute Gasteiger partial charge is 0.489 e. The van der Waals surface area contributed by atoms with Gasteiger partial charge in [-0.15, -0.1) is 0 Å². The molecule has 6 fully saturated rings. The van der Waals surface area contributed by atoms with E-state index in [0.717, 1.165) is 133 Å². The van der Waals surface area contributed by atoms with Crippen LogP contribution in [0.2, 0.25) is 0 Å². The molecule has 12 rings (SSSR count). The van der Waals surface area contributed by atoms with E-state index in [9.17, 15) is 18.4 Å². The number of fused-ring (bicyclic) bond motifs is 2. The second-order valence-electron chi connectivity index (χ2n) is 20.5. The van der Waals surface area contributed by atoms with E-state index in [4.69, 9.17) is 9.47 Å². The summed E-state index contributed by atoms with van der Waals surface area (Å²) in [6.07, 6.45) is 21.6. The number of nitrogens with zero attached hydrogens (tertiary/aromatic N) is 6. The normalized spacial score (nSPS) is 27.7. The molecule has 0 radical (unpaired) electrons. The zero-order chi connectivity index (χ0) is 45.1. The molecule has 2 aromatic carbocycles. The predicted molar refractivity (Wildman–Crippen MR) is 251 cm³/mol. The number of rotatable bonds is 10.